The molecule has 3 N–H and O–H groups in total. The van der Waals surface area contributed by atoms with E-state index in [0.29, 0.717) is 52.6 Å². The summed E-state index contributed by atoms with van der Waals surface area (Å²) < 4.78 is 31.3. The van der Waals surface area contributed by atoms with Crippen molar-refractivity contribution in [3.63, 3.8) is 0 Å². The van der Waals surface area contributed by atoms with Crippen LogP contribution in [0.2, 0.25) is 0 Å². The van der Waals surface area contributed by atoms with E-state index < -0.39 is 29.7 Å². The number of piperidine rings is 1. The number of halogens is 2. The van der Waals surface area contributed by atoms with E-state index in [1.54, 1.807) is 25.5 Å². The van der Waals surface area contributed by atoms with Crippen LogP contribution in [0, 0.1) is 12.7 Å². The number of aromatic nitrogens is 4. The monoisotopic (exact) mass is 698 g/mol. The highest BCUT2D eigenvalue weighted by atomic mass is 19.1. The van der Waals surface area contributed by atoms with Crippen molar-refractivity contribution in [2.45, 2.75) is 115 Å². The second kappa shape index (κ2) is 12.6. The molecule has 2 saturated carbocycles. The normalized spacial score (nSPS) is 23.1. The number of aliphatic hydroxyl groups is 1. The highest BCUT2D eigenvalue weighted by Crippen LogP contribution is 2.47. The molecule has 1 unspecified atom stereocenters. The predicted octanol–water partition coefficient (Wildman–Crippen LogP) is 6.99. The van der Waals surface area contributed by atoms with Crippen LogP contribution >= 0.6 is 0 Å². The molecule has 0 radical (unpaired) electrons. The fourth-order valence-corrected chi connectivity index (χ4v) is 8.21. The summed E-state index contributed by atoms with van der Waals surface area (Å²) in [6.45, 7) is 11.4. The first kappa shape index (κ1) is 34.1. The lowest BCUT2D eigenvalue weighted by molar-refractivity contribution is -0.123. The number of nitrogens with zero attached hydrogens (tertiary/aromatic N) is 6. The van der Waals surface area contributed by atoms with Crippen LogP contribution < -0.4 is 15.5 Å². The fraction of sp³-hybridized carbons (Fsp3) is 0.538. The van der Waals surface area contributed by atoms with Crippen molar-refractivity contribution in [1.82, 2.24) is 29.7 Å². The standard InChI is InChI=1S/C39H48F2N8O2/c1-22(2)48-21-43-31-18-29(44-35(33(31)48)45-30-17-27(23(3)13-28(30)41)36(50)46-39(20-40)9-10-39)24-14-32-34(42-19-24)38(4,5)37(51)49(32)26-15-25(16-26)47-11-7-6-8-12-47/h13-14,17-19,21-22,25-26,36,46,50H,6-12,15-16,20H2,1-5H3,(H,44,45)/t25-,26+,36?. The van der Waals surface area contributed by atoms with E-state index in [9.17, 15) is 14.3 Å². The number of carbonyl (C=O) groups is 1. The van der Waals surface area contributed by atoms with Crippen molar-refractivity contribution in [1.29, 1.82) is 0 Å². The van der Waals surface area contributed by atoms with Crippen molar-refractivity contribution in [2.75, 3.05) is 30.0 Å². The molecule has 3 aromatic heterocycles. The smallest absolute Gasteiger partial charge is 0.239 e. The highest BCUT2D eigenvalue weighted by molar-refractivity contribution is 6.08. The van der Waals surface area contributed by atoms with Crippen LogP contribution in [-0.4, -0.2) is 72.8 Å². The van der Waals surface area contributed by atoms with Crippen LogP contribution in [0.5, 0.6) is 0 Å². The Morgan fingerprint density at radius 3 is 2.47 bits per heavy atom. The molecule has 1 amide bonds. The number of amides is 1. The van der Waals surface area contributed by atoms with E-state index in [2.05, 4.69) is 15.5 Å². The van der Waals surface area contributed by atoms with Gasteiger partial charge in [-0.05, 0) is 116 Å². The van der Waals surface area contributed by atoms with Crippen LogP contribution in [0.4, 0.5) is 26.0 Å². The summed E-state index contributed by atoms with van der Waals surface area (Å²) in [7, 11) is 0. The number of carbonyl (C=O) groups excluding carboxylic acids is 1. The number of likely N-dealkylation sites (tertiary alicyclic amines) is 1. The largest absolute Gasteiger partial charge is 0.374 e. The van der Waals surface area contributed by atoms with E-state index in [4.69, 9.17) is 15.0 Å². The molecule has 0 spiro atoms. The number of rotatable bonds is 10. The minimum Gasteiger partial charge on any atom is -0.374 e. The van der Waals surface area contributed by atoms with E-state index in [-0.39, 0.29) is 23.7 Å². The van der Waals surface area contributed by atoms with Gasteiger partial charge >= 0.3 is 0 Å². The molecule has 2 aliphatic carbocycles. The van der Waals surface area contributed by atoms with Crippen molar-refractivity contribution >= 4 is 34.1 Å². The van der Waals surface area contributed by atoms with Gasteiger partial charge in [0.25, 0.3) is 0 Å². The molecule has 51 heavy (non-hydrogen) atoms. The first-order chi connectivity index (χ1) is 24.4. The first-order valence-corrected chi connectivity index (χ1v) is 18.4. The van der Waals surface area contributed by atoms with Gasteiger partial charge in [0.15, 0.2) is 5.82 Å². The average Bonchev–Trinajstić information content (AvgIpc) is 3.67. The van der Waals surface area contributed by atoms with Crippen LogP contribution in [-0.2, 0) is 10.2 Å². The number of hydrogen-bond donors (Lipinski definition) is 3. The lowest BCUT2D eigenvalue weighted by Crippen LogP contribution is -2.57. The molecule has 0 bridgehead atoms. The summed E-state index contributed by atoms with van der Waals surface area (Å²) in [6.07, 6.45) is 9.33. The van der Waals surface area contributed by atoms with Crippen molar-refractivity contribution in [2.24, 2.45) is 0 Å². The van der Waals surface area contributed by atoms with Gasteiger partial charge < -0.3 is 24.8 Å². The zero-order valence-corrected chi connectivity index (χ0v) is 30.1. The lowest BCUT2D eigenvalue weighted by atomic mass is 9.83. The number of hydrogen-bond acceptors (Lipinski definition) is 8. The van der Waals surface area contributed by atoms with Gasteiger partial charge in [0.1, 0.15) is 24.2 Å². The van der Waals surface area contributed by atoms with E-state index in [0.717, 1.165) is 42.9 Å². The van der Waals surface area contributed by atoms with E-state index >= 15 is 4.39 Å². The van der Waals surface area contributed by atoms with E-state index in [1.807, 2.05) is 49.3 Å². The Labute approximate surface area is 297 Å². The number of aliphatic hydroxyl groups excluding tert-OH is 1. The third-order valence-electron chi connectivity index (χ3n) is 11.7. The van der Waals surface area contributed by atoms with Crippen LogP contribution in [0.25, 0.3) is 22.3 Å². The maximum atomic E-state index is 15.6. The zero-order valence-electron chi connectivity index (χ0n) is 30.1. The summed E-state index contributed by atoms with van der Waals surface area (Å²) in [4.78, 5) is 33.1. The minimum absolute atomic E-state index is 0.0442. The molecule has 12 heteroatoms. The van der Waals surface area contributed by atoms with Gasteiger partial charge in [0.2, 0.25) is 5.91 Å². The maximum absolute atomic E-state index is 15.6. The van der Waals surface area contributed by atoms with Crippen LogP contribution in [0.15, 0.2) is 36.8 Å². The Kier molecular flexibility index (Phi) is 8.42. The Morgan fingerprint density at radius 1 is 1.04 bits per heavy atom. The molecule has 1 aromatic carbocycles. The van der Waals surface area contributed by atoms with E-state index in [1.165, 1.54) is 25.3 Å². The number of alkyl halides is 1. The Morgan fingerprint density at radius 2 is 1.78 bits per heavy atom. The van der Waals surface area contributed by atoms with Gasteiger partial charge in [0, 0.05) is 41.0 Å². The average molecular weight is 699 g/mol. The highest BCUT2D eigenvalue weighted by Gasteiger charge is 2.51. The molecule has 270 valence electrons. The third-order valence-corrected chi connectivity index (χ3v) is 11.7. The number of imidazole rings is 1. The van der Waals surface area contributed by atoms with Crippen LogP contribution in [0.1, 0.15) is 102 Å². The van der Waals surface area contributed by atoms with Crippen molar-refractivity contribution in [3.8, 4) is 11.3 Å². The SMILES string of the molecule is Cc1cc(F)c(Nc2nc(-c3cnc4c(c3)N([C@H]3C[C@@H](N5CCCCC5)C3)C(=O)C4(C)C)cc3ncn(C(C)C)c23)cc1C(O)NC1(CF)CC1. The molecule has 2 aliphatic heterocycles. The number of nitrogens with one attached hydrogen (secondary N) is 2. The molecule has 4 aliphatic rings. The first-order valence-electron chi connectivity index (χ1n) is 18.4. The van der Waals surface area contributed by atoms with Gasteiger partial charge in [-0.1, -0.05) is 6.42 Å². The predicted molar refractivity (Wildman–Crippen MR) is 194 cm³/mol. The third kappa shape index (κ3) is 5.89. The molecule has 1 saturated heterocycles. The molecule has 8 rings (SSSR count). The molecule has 5 heterocycles. The number of benzene rings is 1. The molecule has 10 nitrogen and oxygen atoms in total. The molecular weight excluding hydrogens is 650 g/mol. The quantitative estimate of drug-likeness (QED) is 0.152. The van der Waals surface area contributed by atoms with Crippen molar-refractivity contribution in [3.05, 3.63) is 59.4 Å². The molecular formula is C39H48F2N8O2. The second-order valence-electron chi connectivity index (χ2n) is 16.0. The Balaban J connectivity index is 1.15. The van der Waals surface area contributed by atoms with Gasteiger partial charge in [-0.25, -0.2) is 18.7 Å². The Hall–Kier alpha value is -4.00. The lowest BCUT2D eigenvalue weighted by Gasteiger charge is -2.47. The number of fused-ring (bicyclic) bond motifs is 2. The molecule has 3 fully saturated rings. The summed E-state index contributed by atoms with van der Waals surface area (Å²) >= 11 is 0. The van der Waals surface area contributed by atoms with Crippen molar-refractivity contribution < 1.29 is 18.7 Å². The summed E-state index contributed by atoms with van der Waals surface area (Å²) in [6, 6.07) is 7.53. The fourth-order valence-electron chi connectivity index (χ4n) is 8.21. The van der Waals surface area contributed by atoms with Gasteiger partial charge in [-0.2, -0.15) is 0 Å². The number of pyridine rings is 2. The summed E-state index contributed by atoms with van der Waals surface area (Å²) in [5.41, 5.74) is 3.93. The van der Waals surface area contributed by atoms with Gasteiger partial charge in [0.05, 0.1) is 40.0 Å². The van der Waals surface area contributed by atoms with Crippen LogP contribution in [0.3, 0.4) is 0 Å². The molecule has 4 aromatic rings. The van der Waals surface area contributed by atoms with Gasteiger partial charge in [-0.3, -0.25) is 15.1 Å². The zero-order chi connectivity index (χ0) is 35.8. The summed E-state index contributed by atoms with van der Waals surface area (Å²) in [5, 5.41) is 17.3. The number of aryl methyl sites for hydroxylation is 1. The molecule has 1 atom stereocenters. The Bertz CT molecular complexity index is 1990. The summed E-state index contributed by atoms with van der Waals surface area (Å²) in [5.74, 6) is -0.0403. The second-order valence-corrected chi connectivity index (χ2v) is 16.0. The maximum Gasteiger partial charge on any atom is 0.239 e. The van der Waals surface area contributed by atoms with Gasteiger partial charge in [-0.15, -0.1) is 0 Å². The topological polar surface area (TPSA) is 111 Å². The number of anilines is 3. The minimum atomic E-state index is -1.16.